The van der Waals surface area contributed by atoms with Crippen LogP contribution in [0, 0.1) is 0 Å². The summed E-state index contributed by atoms with van der Waals surface area (Å²) < 4.78 is 114. The van der Waals surface area contributed by atoms with Crippen LogP contribution in [-0.2, 0) is 82.3 Å². The van der Waals surface area contributed by atoms with Crippen molar-refractivity contribution in [2.75, 3.05) is 0 Å². The molecule has 0 spiro atoms. The Kier molecular flexibility index (Phi) is 21.8. The van der Waals surface area contributed by atoms with Crippen LogP contribution in [0.3, 0.4) is 0 Å². The molecule has 0 unspecified atom stereocenters. The minimum absolute atomic E-state index is 0.525. The van der Waals surface area contributed by atoms with Crippen molar-refractivity contribution in [2.45, 2.75) is 40.9 Å². The van der Waals surface area contributed by atoms with Gasteiger partial charge in [0.15, 0.2) is 0 Å². The molecule has 12 aromatic rings. The molecule has 0 aromatic heterocycles. The first kappa shape index (κ1) is 75.1. The molecule has 0 radical (unpaired) electrons. The maximum absolute atomic E-state index is 6.50. The molecule has 0 amide bonds. The third kappa shape index (κ3) is 16.5. The Morgan fingerprint density at radius 1 is 0.105 bits per heavy atom. The second kappa shape index (κ2) is 33.0. The topological polar surface area (TPSA) is 166 Å². The Labute approximate surface area is 670 Å². The minimum atomic E-state index is -0.658. The molecular formula is C78H66B18O18. The zero-order chi connectivity index (χ0) is 76.9. The molecule has 6 saturated heterocycles. The SMILES string of the molecule is CB1OB2OB(O1)c1ccc(cc1)-c1ccc(cc1)B1OB(C)OB(O1)c1ccc(cc1)-c1ccc(cc1)B1OB(C)OB(O1)c1ccc(cc1)-c1ccc(cc1)B1OB(C)OB(O1)c1ccc(cc1)-c1ccc(cc1)B1OB(C)OB(O1)c1ccc(cc1)-c1ccc(cc1)B1OB(C)OB(O1)c1ccc(cc1)-c1ccc2cc1. The normalized spacial score (nSPS) is 16.8. The highest BCUT2D eigenvalue weighted by Crippen LogP contribution is 2.28. The molecule has 25 aliphatic rings. The van der Waals surface area contributed by atoms with Crippen molar-refractivity contribution in [2.24, 2.45) is 0 Å². The maximum Gasteiger partial charge on any atom is 0.466 e. The quantitative estimate of drug-likeness (QED) is 0.171. The largest absolute Gasteiger partial charge is 0.466 e. The van der Waals surface area contributed by atoms with Crippen LogP contribution in [0.15, 0.2) is 291 Å². The second-order valence-corrected chi connectivity index (χ2v) is 29.3. The van der Waals surface area contributed by atoms with Gasteiger partial charge >= 0.3 is 128 Å². The molecule has 18 nitrogen and oxygen atoms in total. The standard InChI is InChI=1S/C78H66B18O18/c1-79-97-85-67-31-7-55(8-32-67)57-11-35-69(36-12-57)87-99-80(2)101-89(110-87)71-39-15-59(16-40-71)61-19-43-73(44-20-61)91-103-82(4)105-93(112-91)75-47-23-63(24-48-75)65-27-51-77(52-28-65)95-107-84(6)108-96(114-95)78-53-29-66(30-54-78)64-25-49-76(50-26-64)94-106-83(5)104-92(113-94)74-45-21-62(22-46-74)60-17-41-72(42-18-60)90-102-81(3)100-88(111-90)70-37-13-58(14-38-70)56-9-33-68(34-10-56)86(98-79)109-85/h7-54H,1-6H3. The van der Waals surface area contributed by atoms with E-state index in [1.165, 1.54) is 0 Å². The van der Waals surface area contributed by atoms with Crippen molar-refractivity contribution in [3.8, 4) is 66.8 Å². The predicted molar refractivity (Wildman–Crippen MR) is 465 cm³/mol. The number of hydrogen-bond donors (Lipinski definition) is 0. The van der Waals surface area contributed by atoms with E-state index in [9.17, 15) is 0 Å². The smallest absolute Gasteiger partial charge is 0.449 e. The van der Waals surface area contributed by atoms with Crippen molar-refractivity contribution >= 4 is 194 Å². The molecule has 0 atom stereocenters. The monoisotopic (exact) mass is 1490 g/mol. The molecule has 0 aliphatic carbocycles. The Morgan fingerprint density at radius 2 is 0.175 bits per heavy atom. The molecule has 12 aromatic carbocycles. The molecule has 540 valence electrons. The van der Waals surface area contributed by atoms with E-state index in [0.717, 1.165) is 132 Å². The van der Waals surface area contributed by atoms with Gasteiger partial charge in [0, 0.05) is 0 Å². The zero-order valence-electron chi connectivity index (χ0n) is 63.5. The zero-order valence-corrected chi connectivity index (χ0v) is 63.5. The van der Waals surface area contributed by atoms with E-state index >= 15 is 0 Å². The number of benzene rings is 12. The lowest BCUT2D eigenvalue weighted by Gasteiger charge is -2.30. The van der Waals surface area contributed by atoms with Crippen LogP contribution in [-0.4, -0.2) is 128 Å². The maximum atomic E-state index is 6.50. The van der Waals surface area contributed by atoms with Gasteiger partial charge in [-0.3, -0.25) is 0 Å². The average Bonchev–Trinajstić information content (AvgIpc) is 0.817. The Bertz CT molecular complexity index is 4140. The van der Waals surface area contributed by atoms with E-state index in [-0.39, 0.29) is 0 Å². The van der Waals surface area contributed by atoms with Crippen molar-refractivity contribution in [3.05, 3.63) is 291 Å². The van der Waals surface area contributed by atoms with Gasteiger partial charge in [-0.05, 0) is 173 Å². The first-order chi connectivity index (χ1) is 55.8. The van der Waals surface area contributed by atoms with Crippen LogP contribution in [0.25, 0.3) is 66.8 Å². The van der Waals surface area contributed by atoms with Gasteiger partial charge in [0.05, 0.1) is 0 Å². The molecule has 0 saturated carbocycles. The first-order valence-corrected chi connectivity index (χ1v) is 38.8. The van der Waals surface area contributed by atoms with Gasteiger partial charge < -0.3 is 82.3 Å². The number of hydrogen-bond acceptors (Lipinski definition) is 18. The van der Waals surface area contributed by atoms with Crippen LogP contribution in [0.5, 0.6) is 0 Å². The Balaban J connectivity index is 0.548. The molecule has 36 heteroatoms. The van der Waals surface area contributed by atoms with Crippen molar-refractivity contribution in [1.29, 1.82) is 0 Å². The summed E-state index contributed by atoms with van der Waals surface area (Å²) in [5.41, 5.74) is 22.7. The third-order valence-corrected chi connectivity index (χ3v) is 21.5. The number of rotatable bonds is 0. The van der Waals surface area contributed by atoms with Crippen LogP contribution in [0.4, 0.5) is 0 Å². The van der Waals surface area contributed by atoms with Crippen LogP contribution < -0.4 is 65.6 Å². The summed E-state index contributed by atoms with van der Waals surface area (Å²) in [6.07, 6.45) is 0. The first-order valence-electron chi connectivity index (χ1n) is 38.8. The summed E-state index contributed by atoms with van der Waals surface area (Å²) >= 11 is 0. The lowest BCUT2D eigenvalue weighted by Crippen LogP contribution is -2.57. The Hall–Kier alpha value is -8.91. The Morgan fingerprint density at radius 3 is 0.246 bits per heavy atom. The highest BCUT2D eigenvalue weighted by molar-refractivity contribution is 6.88. The van der Waals surface area contributed by atoms with Gasteiger partial charge in [-0.2, -0.15) is 0 Å². The van der Waals surface area contributed by atoms with E-state index in [0.29, 0.717) is 0 Å². The molecule has 25 heterocycles. The van der Waals surface area contributed by atoms with Gasteiger partial charge in [0.25, 0.3) is 0 Å². The van der Waals surface area contributed by atoms with Gasteiger partial charge in [0.2, 0.25) is 0 Å². The molecule has 114 heavy (non-hydrogen) atoms. The summed E-state index contributed by atoms with van der Waals surface area (Å²) in [4.78, 5) is 0. The van der Waals surface area contributed by atoms with Crippen molar-refractivity contribution in [1.82, 2.24) is 0 Å². The second-order valence-electron chi connectivity index (χ2n) is 29.3. The van der Waals surface area contributed by atoms with Gasteiger partial charge in [-0.25, -0.2) is 0 Å². The summed E-state index contributed by atoms with van der Waals surface area (Å²) in [6.45, 7) is 11.3. The van der Waals surface area contributed by atoms with Crippen molar-refractivity contribution in [3.63, 3.8) is 0 Å². The summed E-state index contributed by atoms with van der Waals surface area (Å²) in [5.74, 6) is 0. The fourth-order valence-electron chi connectivity index (χ4n) is 15.2. The molecule has 0 N–H and O–H groups in total. The molecule has 36 bridgehead atoms. The van der Waals surface area contributed by atoms with E-state index < -0.39 is 128 Å². The summed E-state index contributed by atoms with van der Waals surface area (Å²) in [6, 6.07) is 98.5. The fourth-order valence-corrected chi connectivity index (χ4v) is 15.2. The van der Waals surface area contributed by atoms with Gasteiger partial charge in [-0.15, -0.1) is 0 Å². The van der Waals surface area contributed by atoms with Gasteiger partial charge in [-0.1, -0.05) is 291 Å². The highest BCUT2D eigenvalue weighted by Gasteiger charge is 2.47. The summed E-state index contributed by atoms with van der Waals surface area (Å²) in [7, 11) is -11.0. The van der Waals surface area contributed by atoms with Crippen LogP contribution in [0.1, 0.15) is 0 Å². The average molecular weight is 1490 g/mol. The molecule has 25 aliphatic heterocycles. The van der Waals surface area contributed by atoms with Crippen LogP contribution >= 0.6 is 0 Å². The van der Waals surface area contributed by atoms with Crippen LogP contribution in [0.2, 0.25) is 40.9 Å². The predicted octanol–water partition coefficient (Wildman–Crippen LogP) is 5.63. The minimum Gasteiger partial charge on any atom is -0.449 e. The highest BCUT2D eigenvalue weighted by atomic mass is 16.7. The third-order valence-electron chi connectivity index (χ3n) is 21.5. The van der Waals surface area contributed by atoms with E-state index in [4.69, 9.17) is 82.3 Å². The summed E-state index contributed by atoms with van der Waals surface area (Å²) in [5, 5.41) is 0. The molecular weight excluding hydrogens is 1420 g/mol. The molecule has 37 rings (SSSR count). The van der Waals surface area contributed by atoms with Crippen molar-refractivity contribution < 1.29 is 82.3 Å². The van der Waals surface area contributed by atoms with E-state index in [1.807, 2.05) is 187 Å². The molecule has 6 fully saturated rings. The van der Waals surface area contributed by atoms with E-state index in [2.05, 4.69) is 146 Å². The lowest BCUT2D eigenvalue weighted by molar-refractivity contribution is 0.302. The lowest BCUT2D eigenvalue weighted by atomic mass is 9.63. The van der Waals surface area contributed by atoms with E-state index in [1.54, 1.807) is 0 Å². The van der Waals surface area contributed by atoms with Gasteiger partial charge in [0.1, 0.15) is 0 Å². The fraction of sp³-hybridized carbons (Fsp3) is 0.0769.